The molecule has 2 aromatic rings. The largest absolute Gasteiger partial charge is 0.490 e. The van der Waals surface area contributed by atoms with Crippen LogP contribution in [0.3, 0.4) is 0 Å². The van der Waals surface area contributed by atoms with Crippen LogP contribution in [0.2, 0.25) is 0 Å². The molecule has 0 saturated carbocycles. The topological polar surface area (TPSA) is 77.3 Å². The average molecular weight is 265 g/mol. The zero-order chi connectivity index (χ0) is 13.0. The maximum atomic E-state index is 11.0. The Hall–Kier alpha value is -2.15. The lowest BCUT2D eigenvalue weighted by molar-refractivity contribution is -0.384. The van der Waals surface area contributed by atoms with Crippen LogP contribution in [0, 0.1) is 10.1 Å². The molecule has 0 radical (unpaired) electrons. The van der Waals surface area contributed by atoms with Gasteiger partial charge in [0.15, 0.2) is 5.75 Å². The number of aromatic nitrogens is 1. The number of anilines is 1. The number of benzene rings is 1. The minimum Gasteiger partial charge on any atom is -0.490 e. The predicted octanol–water partition coefficient (Wildman–Crippen LogP) is 2.67. The summed E-state index contributed by atoms with van der Waals surface area (Å²) in [6.07, 6.45) is 0. The smallest absolute Gasteiger partial charge is 0.333 e. The van der Waals surface area contributed by atoms with Gasteiger partial charge < -0.3 is 10.1 Å². The first-order chi connectivity index (χ1) is 8.72. The Kier molecular flexibility index (Phi) is 3.73. The van der Waals surface area contributed by atoms with E-state index in [9.17, 15) is 10.1 Å². The second-order valence-corrected chi connectivity index (χ2v) is 4.17. The van der Waals surface area contributed by atoms with Crippen molar-refractivity contribution in [3.05, 3.63) is 44.9 Å². The number of nitro groups is 1. The fraction of sp³-hybridized carbons (Fsp3) is 0.182. The summed E-state index contributed by atoms with van der Waals surface area (Å²) in [7, 11) is 1.41. The molecular formula is C11H11N3O3S. The molecular weight excluding hydrogens is 254 g/mol. The summed E-state index contributed by atoms with van der Waals surface area (Å²) in [5.74, 6) is 0.239. The van der Waals surface area contributed by atoms with E-state index in [0.29, 0.717) is 12.2 Å². The number of para-hydroxylation sites is 1. The van der Waals surface area contributed by atoms with Crippen LogP contribution < -0.4 is 10.1 Å². The Morgan fingerprint density at radius 2 is 2.39 bits per heavy atom. The monoisotopic (exact) mass is 265 g/mol. The second-order valence-electron chi connectivity index (χ2n) is 3.45. The molecule has 6 nitrogen and oxygen atoms in total. The van der Waals surface area contributed by atoms with Crippen molar-refractivity contribution < 1.29 is 9.66 Å². The molecule has 0 fully saturated rings. The Labute approximate surface area is 107 Å². The molecule has 0 atom stereocenters. The van der Waals surface area contributed by atoms with Gasteiger partial charge in [0.1, 0.15) is 5.69 Å². The minimum atomic E-state index is -0.456. The summed E-state index contributed by atoms with van der Waals surface area (Å²) in [5.41, 5.74) is 2.93. The van der Waals surface area contributed by atoms with Crippen molar-refractivity contribution in [2.24, 2.45) is 0 Å². The van der Waals surface area contributed by atoms with Gasteiger partial charge in [0.05, 0.1) is 29.8 Å². The second kappa shape index (κ2) is 5.46. The highest BCUT2D eigenvalue weighted by Crippen LogP contribution is 2.34. The van der Waals surface area contributed by atoms with Gasteiger partial charge in [-0.15, -0.1) is 11.3 Å². The molecule has 0 amide bonds. The summed E-state index contributed by atoms with van der Waals surface area (Å²) in [6, 6.07) is 4.91. The third kappa shape index (κ3) is 2.57. The third-order valence-electron chi connectivity index (χ3n) is 2.34. The molecule has 0 aliphatic rings. The number of nitrogens with zero attached hydrogens (tertiary/aromatic N) is 2. The van der Waals surface area contributed by atoms with E-state index >= 15 is 0 Å². The van der Waals surface area contributed by atoms with Gasteiger partial charge in [0.25, 0.3) is 0 Å². The van der Waals surface area contributed by atoms with E-state index in [1.165, 1.54) is 18.4 Å². The van der Waals surface area contributed by atoms with E-state index in [2.05, 4.69) is 10.3 Å². The van der Waals surface area contributed by atoms with E-state index in [1.807, 2.05) is 5.38 Å². The molecule has 1 N–H and O–H groups in total. The molecule has 0 spiro atoms. The Balaban J connectivity index is 2.24. The number of thiazole rings is 1. The molecule has 1 aromatic heterocycles. The first-order valence-electron chi connectivity index (χ1n) is 5.14. The molecule has 1 aromatic carbocycles. The molecule has 0 aliphatic carbocycles. The molecule has 1 heterocycles. The van der Waals surface area contributed by atoms with Crippen molar-refractivity contribution >= 4 is 22.7 Å². The number of ether oxygens (including phenoxy) is 1. The van der Waals surface area contributed by atoms with E-state index < -0.39 is 4.92 Å². The Morgan fingerprint density at radius 1 is 1.56 bits per heavy atom. The highest BCUT2D eigenvalue weighted by Gasteiger charge is 2.20. The molecule has 18 heavy (non-hydrogen) atoms. The number of rotatable bonds is 5. The van der Waals surface area contributed by atoms with Gasteiger partial charge in [-0.05, 0) is 12.1 Å². The van der Waals surface area contributed by atoms with Gasteiger partial charge >= 0.3 is 5.69 Å². The Bertz CT molecular complexity index is 542. The number of methoxy groups -OCH3 is 1. The van der Waals surface area contributed by atoms with Gasteiger partial charge in [0.2, 0.25) is 0 Å². The van der Waals surface area contributed by atoms with Crippen LogP contribution in [-0.2, 0) is 6.54 Å². The first-order valence-corrected chi connectivity index (χ1v) is 6.09. The number of nitro benzene ring substituents is 1. The molecule has 7 heteroatoms. The van der Waals surface area contributed by atoms with Crippen LogP contribution in [0.4, 0.5) is 11.4 Å². The van der Waals surface area contributed by atoms with Gasteiger partial charge in [-0.2, -0.15) is 0 Å². The van der Waals surface area contributed by atoms with Crippen molar-refractivity contribution in [2.75, 3.05) is 12.4 Å². The van der Waals surface area contributed by atoms with E-state index in [4.69, 9.17) is 4.74 Å². The van der Waals surface area contributed by atoms with Gasteiger partial charge in [-0.25, -0.2) is 4.98 Å². The number of nitrogens with one attached hydrogen (secondary N) is 1. The molecule has 94 valence electrons. The van der Waals surface area contributed by atoms with Crippen LogP contribution in [0.15, 0.2) is 29.1 Å². The zero-order valence-corrected chi connectivity index (χ0v) is 10.4. The van der Waals surface area contributed by atoms with Crippen molar-refractivity contribution in [3.63, 3.8) is 0 Å². The lowest BCUT2D eigenvalue weighted by Gasteiger charge is -2.08. The van der Waals surface area contributed by atoms with Crippen LogP contribution in [0.25, 0.3) is 0 Å². The van der Waals surface area contributed by atoms with Crippen molar-refractivity contribution in [1.29, 1.82) is 0 Å². The summed E-state index contributed by atoms with van der Waals surface area (Å²) >= 11 is 1.48. The third-order valence-corrected chi connectivity index (χ3v) is 2.98. The summed E-state index contributed by atoms with van der Waals surface area (Å²) in [4.78, 5) is 14.7. The van der Waals surface area contributed by atoms with Crippen LogP contribution in [0.5, 0.6) is 5.75 Å². The Morgan fingerprint density at radius 3 is 3.00 bits per heavy atom. The normalized spacial score (nSPS) is 10.1. The van der Waals surface area contributed by atoms with Gasteiger partial charge in [-0.3, -0.25) is 10.1 Å². The predicted molar refractivity (Wildman–Crippen MR) is 69.1 cm³/mol. The minimum absolute atomic E-state index is 0.0600. The maximum Gasteiger partial charge on any atom is 0.333 e. The standard InChI is InChI=1S/C11H11N3O3S/c1-17-10-4-2-3-9(11(10)14(15)16)12-5-8-6-18-7-13-8/h2-4,6-7,12H,5H2,1H3. The lowest BCUT2D eigenvalue weighted by Crippen LogP contribution is -2.04. The van der Waals surface area contributed by atoms with E-state index in [1.54, 1.807) is 23.7 Å². The van der Waals surface area contributed by atoms with Crippen molar-refractivity contribution in [2.45, 2.75) is 6.54 Å². The highest BCUT2D eigenvalue weighted by molar-refractivity contribution is 7.07. The fourth-order valence-electron chi connectivity index (χ4n) is 1.53. The molecule has 0 aliphatic heterocycles. The van der Waals surface area contributed by atoms with Gasteiger partial charge in [-0.1, -0.05) is 6.07 Å². The summed E-state index contributed by atoms with van der Waals surface area (Å²) in [5, 5.41) is 15.9. The van der Waals surface area contributed by atoms with E-state index in [-0.39, 0.29) is 11.4 Å². The van der Waals surface area contributed by atoms with Crippen LogP contribution >= 0.6 is 11.3 Å². The highest BCUT2D eigenvalue weighted by atomic mass is 32.1. The lowest BCUT2D eigenvalue weighted by atomic mass is 10.2. The molecule has 0 unspecified atom stereocenters. The molecule has 0 bridgehead atoms. The van der Waals surface area contributed by atoms with Gasteiger partial charge in [0, 0.05) is 5.38 Å². The van der Waals surface area contributed by atoms with Crippen molar-refractivity contribution in [1.82, 2.24) is 4.98 Å². The van der Waals surface area contributed by atoms with Crippen LogP contribution in [-0.4, -0.2) is 17.0 Å². The maximum absolute atomic E-state index is 11.0. The summed E-state index contributed by atoms with van der Waals surface area (Å²) < 4.78 is 4.99. The SMILES string of the molecule is COc1cccc(NCc2cscn2)c1[N+](=O)[O-]. The quantitative estimate of drug-likeness (QED) is 0.664. The zero-order valence-electron chi connectivity index (χ0n) is 9.62. The van der Waals surface area contributed by atoms with Crippen molar-refractivity contribution in [3.8, 4) is 5.75 Å². The number of hydrogen-bond donors (Lipinski definition) is 1. The number of hydrogen-bond acceptors (Lipinski definition) is 6. The fourth-order valence-corrected chi connectivity index (χ4v) is 2.09. The average Bonchev–Trinajstić information content (AvgIpc) is 2.88. The molecule has 0 saturated heterocycles. The van der Waals surface area contributed by atoms with E-state index in [0.717, 1.165) is 5.69 Å². The van der Waals surface area contributed by atoms with Crippen LogP contribution in [0.1, 0.15) is 5.69 Å². The first kappa shape index (κ1) is 12.3. The summed E-state index contributed by atoms with van der Waals surface area (Å²) in [6.45, 7) is 0.442. The molecule has 2 rings (SSSR count).